The molecule has 0 spiro atoms. The Kier molecular flexibility index (Phi) is 4.92. The molecule has 0 fully saturated rings. The maximum Gasteiger partial charge on any atom is 0.433 e. The maximum atomic E-state index is 12.9. The molecule has 1 aliphatic carbocycles. The van der Waals surface area contributed by atoms with Gasteiger partial charge in [0.1, 0.15) is 11.5 Å². The number of carbonyl (C=O) groups is 1. The Hall–Kier alpha value is -3.82. The fourth-order valence-electron chi connectivity index (χ4n) is 4.10. The van der Waals surface area contributed by atoms with Gasteiger partial charge in [0.15, 0.2) is 11.5 Å². The number of aromatic nitrogens is 3. The zero-order chi connectivity index (χ0) is 24.3. The zero-order valence-corrected chi connectivity index (χ0v) is 18.6. The van der Waals surface area contributed by atoms with Gasteiger partial charge in [-0.15, -0.1) is 0 Å². The monoisotopic (exact) mass is 470 g/mol. The van der Waals surface area contributed by atoms with Gasteiger partial charge in [-0.05, 0) is 36.6 Å². The number of benzene rings is 1. The van der Waals surface area contributed by atoms with Crippen molar-refractivity contribution in [3.63, 3.8) is 0 Å². The van der Waals surface area contributed by atoms with Crippen LogP contribution in [-0.4, -0.2) is 27.7 Å². The van der Waals surface area contributed by atoms with E-state index >= 15 is 0 Å². The van der Waals surface area contributed by atoms with Crippen molar-refractivity contribution in [2.45, 2.75) is 32.9 Å². The number of imidazole rings is 1. The van der Waals surface area contributed by atoms with Crippen molar-refractivity contribution in [2.75, 3.05) is 6.79 Å². The molecule has 1 aromatic carbocycles. The van der Waals surface area contributed by atoms with E-state index in [1.807, 2.05) is 38.1 Å². The summed E-state index contributed by atoms with van der Waals surface area (Å²) < 4.78 is 49.5. The fourth-order valence-corrected chi connectivity index (χ4v) is 4.10. The summed E-state index contributed by atoms with van der Waals surface area (Å²) in [6.45, 7) is 5.65. The van der Waals surface area contributed by atoms with E-state index in [1.54, 1.807) is 6.08 Å². The molecule has 0 saturated carbocycles. The highest BCUT2D eigenvalue weighted by atomic mass is 19.4. The Morgan fingerprint density at radius 3 is 2.62 bits per heavy atom. The minimum atomic E-state index is -4.57. The number of nitrogens with zero attached hydrogens (tertiary/aromatic N) is 2. The number of fused-ring (bicyclic) bond motifs is 2. The van der Waals surface area contributed by atoms with Gasteiger partial charge in [-0.25, -0.2) is 9.97 Å². The van der Waals surface area contributed by atoms with E-state index in [9.17, 15) is 18.0 Å². The number of aromatic amines is 1. The van der Waals surface area contributed by atoms with Gasteiger partial charge in [0, 0.05) is 23.7 Å². The van der Waals surface area contributed by atoms with Gasteiger partial charge in [0.25, 0.3) is 5.91 Å². The Bertz CT molecular complexity index is 1330. The van der Waals surface area contributed by atoms with Crippen molar-refractivity contribution in [1.82, 2.24) is 20.3 Å². The molecule has 2 aromatic heterocycles. The van der Waals surface area contributed by atoms with Gasteiger partial charge < -0.3 is 19.8 Å². The van der Waals surface area contributed by atoms with Crippen LogP contribution in [0.15, 0.2) is 48.2 Å². The number of carbonyl (C=O) groups excluding carboxylic acids is 1. The molecule has 1 unspecified atom stereocenters. The summed E-state index contributed by atoms with van der Waals surface area (Å²) >= 11 is 0. The predicted molar refractivity (Wildman–Crippen MR) is 117 cm³/mol. The lowest BCUT2D eigenvalue weighted by atomic mass is 9.75. The van der Waals surface area contributed by atoms with Crippen LogP contribution in [0.1, 0.15) is 47.3 Å². The van der Waals surface area contributed by atoms with Crippen molar-refractivity contribution in [1.29, 1.82) is 0 Å². The first-order valence-electron chi connectivity index (χ1n) is 10.6. The lowest BCUT2D eigenvalue weighted by Gasteiger charge is -2.31. The van der Waals surface area contributed by atoms with Crippen LogP contribution in [0, 0.1) is 12.3 Å². The molecule has 0 bridgehead atoms. The van der Waals surface area contributed by atoms with Gasteiger partial charge in [-0.1, -0.05) is 19.9 Å². The van der Waals surface area contributed by atoms with E-state index in [0.717, 1.165) is 23.2 Å². The molecule has 5 rings (SSSR count). The van der Waals surface area contributed by atoms with Crippen LogP contribution < -0.4 is 14.8 Å². The van der Waals surface area contributed by atoms with E-state index in [0.29, 0.717) is 23.0 Å². The number of alkyl halides is 3. The Labute approximate surface area is 192 Å². The zero-order valence-electron chi connectivity index (χ0n) is 18.6. The van der Waals surface area contributed by atoms with Crippen LogP contribution in [0.3, 0.4) is 0 Å². The molecule has 0 saturated heterocycles. The highest BCUT2D eigenvalue weighted by molar-refractivity contribution is 5.96. The second-order valence-corrected chi connectivity index (χ2v) is 8.88. The van der Waals surface area contributed by atoms with Crippen LogP contribution in [0.4, 0.5) is 13.2 Å². The first kappa shape index (κ1) is 22.0. The van der Waals surface area contributed by atoms with Crippen LogP contribution >= 0.6 is 0 Å². The molecule has 10 heteroatoms. The molecule has 3 aromatic rings. The van der Waals surface area contributed by atoms with Gasteiger partial charge in [0.2, 0.25) is 6.79 Å². The minimum absolute atomic E-state index is 0.000588. The van der Waals surface area contributed by atoms with Crippen LogP contribution in [-0.2, 0) is 6.18 Å². The Morgan fingerprint density at radius 1 is 1.18 bits per heavy atom. The lowest BCUT2D eigenvalue weighted by molar-refractivity contribution is -0.141. The number of rotatable bonds is 3. The smallest absolute Gasteiger partial charge is 0.433 e. The first-order valence-corrected chi connectivity index (χ1v) is 10.6. The van der Waals surface area contributed by atoms with Gasteiger partial charge in [-0.2, -0.15) is 13.2 Å². The standard InChI is InChI=1S/C24H21F3N4O3/c1-12-14(4-5-20(28-12)24(25,26)27)22(32)29-13-6-7-23(2,3)15(8-13)21-30-16-9-18-19(34-11-33-18)10-17(16)31-21/h4-10,15H,11H2,1-3H3,(H,29,32)(H,30,31). The molecular weight excluding hydrogens is 449 g/mol. The molecule has 1 aliphatic heterocycles. The number of nitrogens with one attached hydrogen (secondary N) is 2. The van der Waals surface area contributed by atoms with Crippen LogP contribution in [0.25, 0.3) is 11.0 Å². The number of H-pyrrole nitrogens is 1. The van der Waals surface area contributed by atoms with Gasteiger partial charge in [0.05, 0.1) is 22.3 Å². The number of ether oxygens (including phenoxy) is 2. The van der Waals surface area contributed by atoms with Crippen molar-refractivity contribution < 1.29 is 27.4 Å². The van der Waals surface area contributed by atoms with Gasteiger partial charge >= 0.3 is 6.18 Å². The van der Waals surface area contributed by atoms with E-state index in [1.165, 1.54) is 6.92 Å². The average Bonchev–Trinajstić information content (AvgIpc) is 3.37. The van der Waals surface area contributed by atoms with E-state index in [-0.39, 0.29) is 29.4 Å². The maximum absolute atomic E-state index is 12.9. The van der Waals surface area contributed by atoms with Crippen LogP contribution in [0.2, 0.25) is 0 Å². The second-order valence-electron chi connectivity index (χ2n) is 8.88. The van der Waals surface area contributed by atoms with E-state index in [4.69, 9.17) is 14.5 Å². The summed E-state index contributed by atoms with van der Waals surface area (Å²) in [7, 11) is 0. The molecule has 7 nitrogen and oxygen atoms in total. The number of aryl methyl sites for hydroxylation is 1. The van der Waals surface area contributed by atoms with Crippen molar-refractivity contribution in [2.24, 2.45) is 5.41 Å². The molecule has 2 aliphatic rings. The highest BCUT2D eigenvalue weighted by Gasteiger charge is 2.34. The Morgan fingerprint density at radius 2 is 1.91 bits per heavy atom. The van der Waals surface area contributed by atoms with E-state index < -0.39 is 17.8 Å². The summed E-state index contributed by atoms with van der Waals surface area (Å²) in [6, 6.07) is 5.60. The second kappa shape index (κ2) is 7.61. The number of hydrogen-bond acceptors (Lipinski definition) is 5. The highest BCUT2D eigenvalue weighted by Crippen LogP contribution is 2.42. The largest absolute Gasteiger partial charge is 0.454 e. The molecular formula is C24H21F3N4O3. The summed E-state index contributed by atoms with van der Waals surface area (Å²) in [5.74, 6) is 1.24. The molecule has 3 heterocycles. The van der Waals surface area contributed by atoms with Crippen molar-refractivity contribution >= 4 is 16.9 Å². The van der Waals surface area contributed by atoms with Crippen molar-refractivity contribution in [3.05, 3.63) is 71.0 Å². The average molecular weight is 470 g/mol. The number of pyridine rings is 1. The quantitative estimate of drug-likeness (QED) is 0.562. The lowest BCUT2D eigenvalue weighted by Crippen LogP contribution is -2.29. The van der Waals surface area contributed by atoms with Crippen LogP contribution in [0.5, 0.6) is 11.5 Å². The third kappa shape index (κ3) is 3.89. The predicted octanol–water partition coefficient (Wildman–Crippen LogP) is 5.01. The molecule has 1 amide bonds. The number of amides is 1. The van der Waals surface area contributed by atoms with Gasteiger partial charge in [-0.3, -0.25) is 4.79 Å². The van der Waals surface area contributed by atoms with Crippen molar-refractivity contribution in [3.8, 4) is 11.5 Å². The first-order chi connectivity index (χ1) is 16.0. The Balaban J connectivity index is 1.42. The molecule has 176 valence electrons. The summed E-state index contributed by atoms with van der Waals surface area (Å²) in [5, 5.41) is 2.77. The topological polar surface area (TPSA) is 89.1 Å². The summed E-state index contributed by atoms with van der Waals surface area (Å²) in [5.41, 5.74) is 0.769. The molecule has 1 atom stereocenters. The third-order valence-corrected chi connectivity index (χ3v) is 6.01. The SMILES string of the molecule is Cc1nc(C(F)(F)F)ccc1C(=O)NC1=CC(c2nc3cc4c(cc3[nH]2)OCO4)C(C)(C)C=C1. The minimum Gasteiger partial charge on any atom is -0.454 e. The molecule has 0 radical (unpaired) electrons. The summed E-state index contributed by atoms with van der Waals surface area (Å²) in [6.07, 6.45) is 1.05. The number of hydrogen-bond donors (Lipinski definition) is 2. The van der Waals surface area contributed by atoms with E-state index in [2.05, 4.69) is 15.3 Å². The third-order valence-electron chi connectivity index (χ3n) is 6.01. The fraction of sp³-hybridized carbons (Fsp3) is 0.292. The number of allylic oxidation sites excluding steroid dienone is 3. The normalized spacial score (nSPS) is 18.8. The molecule has 2 N–H and O–H groups in total. The molecule has 34 heavy (non-hydrogen) atoms. The summed E-state index contributed by atoms with van der Waals surface area (Å²) in [4.78, 5) is 24.4. The number of halogens is 3.